The van der Waals surface area contributed by atoms with Crippen molar-refractivity contribution < 1.29 is 0 Å². The minimum atomic E-state index is 0.102. The largest absolute Gasteiger partial charge is 0.324 e. The van der Waals surface area contributed by atoms with E-state index in [1.807, 2.05) is 6.92 Å². The van der Waals surface area contributed by atoms with Gasteiger partial charge in [-0.05, 0) is 31.0 Å². The third-order valence-corrected chi connectivity index (χ3v) is 2.33. The number of aryl methyl sites for hydroxylation is 1. The van der Waals surface area contributed by atoms with Gasteiger partial charge in [-0.1, -0.05) is 28.1 Å². The fourth-order valence-electron chi connectivity index (χ4n) is 1.00. The third-order valence-electron chi connectivity index (χ3n) is 1.65. The summed E-state index contributed by atoms with van der Waals surface area (Å²) in [6.45, 7) is 4.05. The van der Waals surface area contributed by atoms with Gasteiger partial charge in [-0.25, -0.2) is 0 Å². The normalized spacial score (nSPS) is 13.1. The molecule has 0 saturated heterocycles. The van der Waals surface area contributed by atoms with Crippen LogP contribution in [0.4, 0.5) is 0 Å². The molecule has 11 heavy (non-hydrogen) atoms. The molecular formula is C9H12BrN. The molecule has 0 spiro atoms. The summed E-state index contributed by atoms with van der Waals surface area (Å²) in [4.78, 5) is 0. The van der Waals surface area contributed by atoms with Gasteiger partial charge in [-0.3, -0.25) is 0 Å². The zero-order valence-corrected chi connectivity index (χ0v) is 8.35. The molecule has 0 fully saturated rings. The van der Waals surface area contributed by atoms with Gasteiger partial charge in [0.2, 0.25) is 0 Å². The quantitative estimate of drug-likeness (QED) is 0.764. The molecule has 0 saturated carbocycles. The molecule has 0 heterocycles. The summed E-state index contributed by atoms with van der Waals surface area (Å²) in [5, 5.41) is 0. The molecule has 0 aliphatic heterocycles. The molecule has 0 amide bonds. The lowest BCUT2D eigenvalue weighted by Crippen LogP contribution is -2.05. The highest BCUT2D eigenvalue weighted by Crippen LogP contribution is 2.22. The second-order valence-corrected chi connectivity index (χ2v) is 3.67. The Labute approximate surface area is 75.7 Å². The molecule has 0 aromatic heterocycles. The lowest BCUT2D eigenvalue weighted by atomic mass is 10.1. The molecule has 60 valence electrons. The zero-order valence-electron chi connectivity index (χ0n) is 6.76. The van der Waals surface area contributed by atoms with Gasteiger partial charge in [0.25, 0.3) is 0 Å². The van der Waals surface area contributed by atoms with Crippen molar-refractivity contribution in [3.8, 4) is 0 Å². The van der Waals surface area contributed by atoms with Crippen LogP contribution in [0.15, 0.2) is 22.7 Å². The van der Waals surface area contributed by atoms with Crippen molar-refractivity contribution in [2.45, 2.75) is 19.9 Å². The van der Waals surface area contributed by atoms with Crippen molar-refractivity contribution in [3.63, 3.8) is 0 Å². The van der Waals surface area contributed by atoms with Crippen LogP contribution in [-0.4, -0.2) is 0 Å². The van der Waals surface area contributed by atoms with E-state index in [9.17, 15) is 0 Å². The molecule has 1 rings (SSSR count). The van der Waals surface area contributed by atoms with E-state index in [1.165, 1.54) is 5.56 Å². The van der Waals surface area contributed by atoms with Gasteiger partial charge >= 0.3 is 0 Å². The lowest BCUT2D eigenvalue weighted by molar-refractivity contribution is 0.812. The SMILES string of the molecule is Cc1ccc([C@H](C)N)c(Br)c1. The van der Waals surface area contributed by atoms with E-state index in [4.69, 9.17) is 5.73 Å². The van der Waals surface area contributed by atoms with Gasteiger partial charge in [-0.15, -0.1) is 0 Å². The van der Waals surface area contributed by atoms with Crippen LogP contribution >= 0.6 is 15.9 Å². The topological polar surface area (TPSA) is 26.0 Å². The number of hydrogen-bond donors (Lipinski definition) is 1. The molecule has 1 aromatic rings. The predicted octanol–water partition coefficient (Wildman–Crippen LogP) is 2.78. The summed E-state index contributed by atoms with van der Waals surface area (Å²) in [7, 11) is 0. The number of benzene rings is 1. The molecule has 0 radical (unpaired) electrons. The number of nitrogens with two attached hydrogens (primary N) is 1. The van der Waals surface area contributed by atoms with E-state index < -0.39 is 0 Å². The molecule has 1 atom stereocenters. The Bertz CT molecular complexity index is 256. The zero-order chi connectivity index (χ0) is 8.43. The molecule has 0 aliphatic rings. The highest BCUT2D eigenvalue weighted by Gasteiger charge is 2.03. The number of halogens is 1. The Morgan fingerprint density at radius 2 is 2.09 bits per heavy atom. The minimum absolute atomic E-state index is 0.102. The molecule has 2 N–H and O–H groups in total. The van der Waals surface area contributed by atoms with Gasteiger partial charge in [-0.2, -0.15) is 0 Å². The second-order valence-electron chi connectivity index (χ2n) is 2.81. The Balaban J connectivity index is 3.09. The van der Waals surface area contributed by atoms with Crippen molar-refractivity contribution >= 4 is 15.9 Å². The average molecular weight is 214 g/mol. The summed E-state index contributed by atoms with van der Waals surface area (Å²) in [6, 6.07) is 6.32. The van der Waals surface area contributed by atoms with Crippen molar-refractivity contribution in [2.75, 3.05) is 0 Å². The Morgan fingerprint density at radius 3 is 2.55 bits per heavy atom. The summed E-state index contributed by atoms with van der Waals surface area (Å²) < 4.78 is 1.10. The van der Waals surface area contributed by atoms with Gasteiger partial charge in [0.15, 0.2) is 0 Å². The maximum Gasteiger partial charge on any atom is 0.0277 e. The smallest absolute Gasteiger partial charge is 0.0277 e. The first-order valence-electron chi connectivity index (χ1n) is 3.63. The van der Waals surface area contributed by atoms with E-state index in [0.717, 1.165) is 10.0 Å². The highest BCUT2D eigenvalue weighted by atomic mass is 79.9. The molecule has 0 unspecified atom stereocenters. The maximum atomic E-state index is 5.73. The van der Waals surface area contributed by atoms with E-state index in [-0.39, 0.29) is 6.04 Å². The van der Waals surface area contributed by atoms with Crippen molar-refractivity contribution in [3.05, 3.63) is 33.8 Å². The summed E-state index contributed by atoms with van der Waals surface area (Å²) in [5.41, 5.74) is 8.15. The first-order valence-corrected chi connectivity index (χ1v) is 4.42. The molecule has 0 bridgehead atoms. The van der Waals surface area contributed by atoms with Gasteiger partial charge < -0.3 is 5.73 Å². The van der Waals surface area contributed by atoms with Crippen molar-refractivity contribution in [1.82, 2.24) is 0 Å². The standard InChI is InChI=1S/C9H12BrN/c1-6-3-4-8(7(2)11)9(10)5-6/h3-5,7H,11H2,1-2H3/t7-/m0/s1. The van der Waals surface area contributed by atoms with Crippen LogP contribution in [-0.2, 0) is 0 Å². The van der Waals surface area contributed by atoms with E-state index in [1.54, 1.807) is 0 Å². The molecule has 1 aromatic carbocycles. The van der Waals surface area contributed by atoms with Gasteiger partial charge in [0, 0.05) is 10.5 Å². The summed E-state index contributed by atoms with van der Waals surface area (Å²) >= 11 is 3.47. The monoisotopic (exact) mass is 213 g/mol. The summed E-state index contributed by atoms with van der Waals surface area (Å²) in [5.74, 6) is 0. The molecule has 2 heteroatoms. The summed E-state index contributed by atoms with van der Waals surface area (Å²) in [6.07, 6.45) is 0. The number of rotatable bonds is 1. The van der Waals surface area contributed by atoms with E-state index in [2.05, 4.69) is 41.1 Å². The predicted molar refractivity (Wildman–Crippen MR) is 51.5 cm³/mol. The van der Waals surface area contributed by atoms with Crippen LogP contribution in [0.2, 0.25) is 0 Å². The van der Waals surface area contributed by atoms with Crippen LogP contribution in [0, 0.1) is 6.92 Å². The van der Waals surface area contributed by atoms with Crippen LogP contribution in [0.1, 0.15) is 24.1 Å². The Morgan fingerprint density at radius 1 is 1.45 bits per heavy atom. The molecular weight excluding hydrogens is 202 g/mol. The lowest BCUT2D eigenvalue weighted by Gasteiger charge is -2.08. The maximum absolute atomic E-state index is 5.73. The van der Waals surface area contributed by atoms with Crippen LogP contribution in [0.25, 0.3) is 0 Å². The van der Waals surface area contributed by atoms with E-state index in [0.29, 0.717) is 0 Å². The van der Waals surface area contributed by atoms with Gasteiger partial charge in [0.1, 0.15) is 0 Å². The number of hydrogen-bond acceptors (Lipinski definition) is 1. The fraction of sp³-hybridized carbons (Fsp3) is 0.333. The van der Waals surface area contributed by atoms with E-state index >= 15 is 0 Å². The fourth-order valence-corrected chi connectivity index (χ4v) is 1.86. The van der Waals surface area contributed by atoms with Crippen LogP contribution in [0.3, 0.4) is 0 Å². The average Bonchev–Trinajstić information content (AvgIpc) is 1.85. The highest BCUT2D eigenvalue weighted by molar-refractivity contribution is 9.10. The first kappa shape index (κ1) is 8.75. The minimum Gasteiger partial charge on any atom is -0.324 e. The molecule has 1 nitrogen and oxygen atoms in total. The van der Waals surface area contributed by atoms with Crippen molar-refractivity contribution in [2.24, 2.45) is 5.73 Å². The second kappa shape index (κ2) is 3.37. The Hall–Kier alpha value is -0.340. The van der Waals surface area contributed by atoms with Crippen molar-refractivity contribution in [1.29, 1.82) is 0 Å². The molecule has 0 aliphatic carbocycles. The third kappa shape index (κ3) is 2.04. The Kier molecular flexibility index (Phi) is 2.68. The van der Waals surface area contributed by atoms with Gasteiger partial charge in [0.05, 0.1) is 0 Å². The van der Waals surface area contributed by atoms with Crippen LogP contribution in [0.5, 0.6) is 0 Å². The first-order chi connectivity index (χ1) is 5.11. The van der Waals surface area contributed by atoms with Crippen LogP contribution < -0.4 is 5.73 Å².